The standard InChI is InChI=1S/C10H17N3O2/c1-5-6-11-7-8-12-9(13-15-8)10(2,3)14-4/h5,11H,1,6-7H2,2-4H3. The van der Waals surface area contributed by atoms with E-state index in [9.17, 15) is 0 Å². The Kier molecular flexibility index (Phi) is 3.99. The van der Waals surface area contributed by atoms with Gasteiger partial charge in [-0.15, -0.1) is 6.58 Å². The molecule has 0 spiro atoms. The molecule has 5 heteroatoms. The number of rotatable bonds is 6. The molecule has 1 heterocycles. The lowest BCUT2D eigenvalue weighted by molar-refractivity contribution is 0.00973. The van der Waals surface area contributed by atoms with E-state index in [4.69, 9.17) is 9.26 Å². The number of hydrogen-bond donors (Lipinski definition) is 1. The number of ether oxygens (including phenoxy) is 1. The van der Waals surface area contributed by atoms with Crippen molar-refractivity contribution in [3.63, 3.8) is 0 Å². The minimum Gasteiger partial charge on any atom is -0.371 e. The number of nitrogens with one attached hydrogen (secondary N) is 1. The highest BCUT2D eigenvalue weighted by Crippen LogP contribution is 2.20. The molecule has 0 aliphatic heterocycles. The van der Waals surface area contributed by atoms with Crippen LogP contribution in [0.5, 0.6) is 0 Å². The average molecular weight is 211 g/mol. The van der Waals surface area contributed by atoms with Gasteiger partial charge in [-0.1, -0.05) is 11.2 Å². The van der Waals surface area contributed by atoms with Crippen LogP contribution in [0.2, 0.25) is 0 Å². The van der Waals surface area contributed by atoms with Gasteiger partial charge in [0.1, 0.15) is 5.60 Å². The van der Waals surface area contributed by atoms with Crippen molar-refractivity contribution in [2.45, 2.75) is 26.0 Å². The van der Waals surface area contributed by atoms with E-state index in [-0.39, 0.29) is 0 Å². The Hall–Kier alpha value is -1.20. The van der Waals surface area contributed by atoms with Crippen LogP contribution in [0.1, 0.15) is 25.6 Å². The minimum atomic E-state index is -0.514. The summed E-state index contributed by atoms with van der Waals surface area (Å²) < 4.78 is 10.3. The summed E-state index contributed by atoms with van der Waals surface area (Å²) in [5.41, 5.74) is -0.514. The summed E-state index contributed by atoms with van der Waals surface area (Å²) in [6.45, 7) is 8.63. The van der Waals surface area contributed by atoms with Gasteiger partial charge in [-0.3, -0.25) is 0 Å². The topological polar surface area (TPSA) is 60.2 Å². The first kappa shape index (κ1) is 11.9. The second kappa shape index (κ2) is 5.04. The summed E-state index contributed by atoms with van der Waals surface area (Å²) in [6.07, 6.45) is 1.77. The molecule has 0 saturated carbocycles. The Morgan fingerprint density at radius 2 is 2.33 bits per heavy atom. The summed E-state index contributed by atoms with van der Waals surface area (Å²) in [5, 5.41) is 6.94. The van der Waals surface area contributed by atoms with Gasteiger partial charge in [0.05, 0.1) is 6.54 Å². The smallest absolute Gasteiger partial charge is 0.240 e. The molecule has 0 saturated heterocycles. The van der Waals surface area contributed by atoms with E-state index >= 15 is 0 Å². The highest BCUT2D eigenvalue weighted by molar-refractivity contribution is 4.97. The van der Waals surface area contributed by atoms with E-state index in [2.05, 4.69) is 22.0 Å². The molecule has 0 aromatic carbocycles. The SMILES string of the molecule is C=CCNCc1nc(C(C)(C)OC)no1. The van der Waals surface area contributed by atoms with Crippen LogP contribution in [0.15, 0.2) is 17.2 Å². The maximum absolute atomic E-state index is 5.24. The first-order valence-electron chi connectivity index (χ1n) is 4.80. The molecule has 84 valence electrons. The molecule has 0 atom stereocenters. The molecule has 0 aliphatic carbocycles. The summed E-state index contributed by atoms with van der Waals surface area (Å²) in [7, 11) is 1.62. The first-order chi connectivity index (χ1) is 7.10. The van der Waals surface area contributed by atoms with Crippen LogP contribution in [-0.4, -0.2) is 23.8 Å². The zero-order chi connectivity index (χ0) is 11.3. The maximum atomic E-state index is 5.24. The van der Waals surface area contributed by atoms with Crippen LogP contribution >= 0.6 is 0 Å². The van der Waals surface area contributed by atoms with Gasteiger partial charge in [-0.05, 0) is 13.8 Å². The third-order valence-corrected chi connectivity index (χ3v) is 2.08. The van der Waals surface area contributed by atoms with E-state index in [1.54, 1.807) is 13.2 Å². The van der Waals surface area contributed by atoms with Crippen molar-refractivity contribution in [2.75, 3.05) is 13.7 Å². The van der Waals surface area contributed by atoms with Gasteiger partial charge >= 0.3 is 0 Å². The van der Waals surface area contributed by atoms with Gasteiger partial charge in [-0.25, -0.2) is 0 Å². The van der Waals surface area contributed by atoms with E-state index in [1.807, 2.05) is 13.8 Å². The number of aromatic nitrogens is 2. The van der Waals surface area contributed by atoms with Gasteiger partial charge < -0.3 is 14.6 Å². The van der Waals surface area contributed by atoms with Crippen LogP contribution in [-0.2, 0) is 16.9 Å². The fourth-order valence-electron chi connectivity index (χ4n) is 0.944. The van der Waals surface area contributed by atoms with E-state index < -0.39 is 5.60 Å². The average Bonchev–Trinajstić information content (AvgIpc) is 2.68. The molecule has 1 rings (SSSR count). The molecule has 0 unspecified atom stereocenters. The van der Waals surface area contributed by atoms with Crippen LogP contribution in [0.25, 0.3) is 0 Å². The minimum absolute atomic E-state index is 0.514. The van der Waals surface area contributed by atoms with Gasteiger partial charge in [0, 0.05) is 13.7 Å². The molecular formula is C10H17N3O2. The molecule has 0 aliphatic rings. The number of methoxy groups -OCH3 is 1. The summed E-state index contributed by atoms with van der Waals surface area (Å²) in [4.78, 5) is 4.22. The van der Waals surface area contributed by atoms with Gasteiger partial charge in [0.2, 0.25) is 11.7 Å². The van der Waals surface area contributed by atoms with E-state index in [1.165, 1.54) is 0 Å². The Morgan fingerprint density at radius 1 is 1.60 bits per heavy atom. The Morgan fingerprint density at radius 3 is 2.93 bits per heavy atom. The Labute approximate surface area is 89.5 Å². The van der Waals surface area contributed by atoms with Gasteiger partial charge in [0.25, 0.3) is 0 Å². The molecular weight excluding hydrogens is 194 g/mol. The first-order valence-corrected chi connectivity index (χ1v) is 4.80. The van der Waals surface area contributed by atoms with Crippen molar-refractivity contribution >= 4 is 0 Å². The molecule has 0 bridgehead atoms. The maximum Gasteiger partial charge on any atom is 0.240 e. The fraction of sp³-hybridized carbons (Fsp3) is 0.600. The predicted octanol–water partition coefficient (Wildman–Crippen LogP) is 1.23. The quantitative estimate of drug-likeness (QED) is 0.566. The molecule has 1 N–H and O–H groups in total. The highest BCUT2D eigenvalue weighted by atomic mass is 16.5. The van der Waals surface area contributed by atoms with Crippen molar-refractivity contribution < 1.29 is 9.26 Å². The van der Waals surface area contributed by atoms with Crippen LogP contribution in [0.4, 0.5) is 0 Å². The third kappa shape index (κ3) is 3.14. The van der Waals surface area contributed by atoms with E-state index in [0.717, 1.165) is 0 Å². The summed E-state index contributed by atoms with van der Waals surface area (Å²) >= 11 is 0. The predicted molar refractivity (Wildman–Crippen MR) is 56.2 cm³/mol. The Bertz CT molecular complexity index is 320. The normalized spacial score (nSPS) is 11.7. The lowest BCUT2D eigenvalue weighted by Crippen LogP contribution is -2.21. The van der Waals surface area contributed by atoms with Crippen molar-refractivity contribution in [1.82, 2.24) is 15.5 Å². The molecule has 5 nitrogen and oxygen atoms in total. The second-order valence-electron chi connectivity index (χ2n) is 3.65. The third-order valence-electron chi connectivity index (χ3n) is 2.08. The largest absolute Gasteiger partial charge is 0.371 e. The zero-order valence-corrected chi connectivity index (χ0v) is 9.41. The fourth-order valence-corrected chi connectivity index (χ4v) is 0.944. The Balaban J connectivity index is 2.60. The number of nitrogens with zero attached hydrogens (tertiary/aromatic N) is 2. The lowest BCUT2D eigenvalue weighted by Gasteiger charge is -2.17. The lowest BCUT2D eigenvalue weighted by atomic mass is 10.1. The molecule has 0 fully saturated rings. The van der Waals surface area contributed by atoms with E-state index in [0.29, 0.717) is 24.8 Å². The molecule has 1 aromatic heterocycles. The molecule has 0 radical (unpaired) electrons. The van der Waals surface area contributed by atoms with Gasteiger partial charge in [-0.2, -0.15) is 4.98 Å². The van der Waals surface area contributed by atoms with Crippen LogP contribution in [0, 0.1) is 0 Å². The highest BCUT2D eigenvalue weighted by Gasteiger charge is 2.25. The van der Waals surface area contributed by atoms with Gasteiger partial charge in [0.15, 0.2) is 0 Å². The summed E-state index contributed by atoms with van der Waals surface area (Å²) in [5.74, 6) is 1.11. The van der Waals surface area contributed by atoms with Crippen molar-refractivity contribution in [3.8, 4) is 0 Å². The van der Waals surface area contributed by atoms with Crippen molar-refractivity contribution in [3.05, 3.63) is 24.4 Å². The molecule has 1 aromatic rings. The van der Waals surface area contributed by atoms with Crippen LogP contribution < -0.4 is 5.32 Å². The van der Waals surface area contributed by atoms with Crippen molar-refractivity contribution in [2.24, 2.45) is 0 Å². The zero-order valence-electron chi connectivity index (χ0n) is 9.41. The number of hydrogen-bond acceptors (Lipinski definition) is 5. The van der Waals surface area contributed by atoms with Crippen molar-refractivity contribution in [1.29, 1.82) is 0 Å². The molecule has 0 amide bonds. The second-order valence-corrected chi connectivity index (χ2v) is 3.65. The monoisotopic (exact) mass is 211 g/mol. The summed E-state index contributed by atoms with van der Waals surface area (Å²) in [6, 6.07) is 0. The molecule has 15 heavy (non-hydrogen) atoms. The van der Waals surface area contributed by atoms with Crippen LogP contribution in [0.3, 0.4) is 0 Å².